The number of aromatic nitrogens is 2. The van der Waals surface area contributed by atoms with Crippen molar-refractivity contribution in [2.75, 3.05) is 31.1 Å². The molecule has 3 heterocycles. The van der Waals surface area contributed by atoms with Crippen LogP contribution in [0.25, 0.3) is 10.2 Å². The van der Waals surface area contributed by atoms with E-state index in [1.54, 1.807) is 22.7 Å². The Balaban J connectivity index is 1.50. The highest BCUT2D eigenvalue weighted by atomic mass is 32.1. The standard InChI is InChI=1S/C16H16N4OS2/c21-15(12-2-3-14-13(10-12)18-11-23-14)19-5-1-6-20(8-7-19)16-17-4-9-22-16/h2-4,9-11H,1,5-8H2. The number of carbonyl (C=O) groups excluding carboxylic acids is 1. The Morgan fingerprint density at radius 1 is 1.09 bits per heavy atom. The van der Waals surface area contributed by atoms with Gasteiger partial charge >= 0.3 is 0 Å². The molecule has 0 unspecified atom stereocenters. The number of carbonyl (C=O) groups is 1. The van der Waals surface area contributed by atoms with Crippen LogP contribution in [0.1, 0.15) is 16.8 Å². The minimum atomic E-state index is 0.0980. The van der Waals surface area contributed by atoms with Gasteiger partial charge in [0, 0.05) is 43.3 Å². The highest BCUT2D eigenvalue weighted by Crippen LogP contribution is 2.22. The summed E-state index contributed by atoms with van der Waals surface area (Å²) in [5.74, 6) is 0.0980. The maximum absolute atomic E-state index is 12.8. The van der Waals surface area contributed by atoms with Crippen LogP contribution in [-0.2, 0) is 0 Å². The number of amides is 1. The fourth-order valence-electron chi connectivity index (χ4n) is 2.86. The van der Waals surface area contributed by atoms with E-state index < -0.39 is 0 Å². The third-order valence-corrected chi connectivity index (χ3v) is 5.69. The lowest BCUT2D eigenvalue weighted by Gasteiger charge is -2.21. The van der Waals surface area contributed by atoms with E-state index in [0.717, 1.165) is 53.5 Å². The summed E-state index contributed by atoms with van der Waals surface area (Å²) in [6, 6.07) is 5.80. The lowest BCUT2D eigenvalue weighted by molar-refractivity contribution is 0.0767. The number of anilines is 1. The van der Waals surface area contributed by atoms with Crippen LogP contribution in [0, 0.1) is 0 Å². The van der Waals surface area contributed by atoms with Gasteiger partial charge in [0.05, 0.1) is 15.7 Å². The van der Waals surface area contributed by atoms with E-state index in [9.17, 15) is 4.79 Å². The lowest BCUT2D eigenvalue weighted by atomic mass is 10.2. The molecule has 1 aliphatic heterocycles. The number of thiazole rings is 2. The van der Waals surface area contributed by atoms with Crippen molar-refractivity contribution in [1.29, 1.82) is 0 Å². The summed E-state index contributed by atoms with van der Waals surface area (Å²) in [7, 11) is 0. The van der Waals surface area contributed by atoms with Gasteiger partial charge in [-0.1, -0.05) is 0 Å². The molecule has 1 fully saturated rings. The summed E-state index contributed by atoms with van der Waals surface area (Å²) in [6.45, 7) is 3.30. The SMILES string of the molecule is O=C(c1ccc2scnc2c1)N1CCCN(c2nccs2)CC1. The predicted molar refractivity (Wildman–Crippen MR) is 94.5 cm³/mol. The van der Waals surface area contributed by atoms with Crippen molar-refractivity contribution in [3.8, 4) is 0 Å². The Morgan fingerprint density at radius 3 is 2.91 bits per heavy atom. The fraction of sp³-hybridized carbons (Fsp3) is 0.312. The molecule has 118 valence electrons. The predicted octanol–water partition coefficient (Wildman–Crippen LogP) is 3.11. The van der Waals surface area contributed by atoms with Gasteiger partial charge in [0.25, 0.3) is 5.91 Å². The molecule has 7 heteroatoms. The van der Waals surface area contributed by atoms with Crippen molar-refractivity contribution < 1.29 is 4.79 Å². The largest absolute Gasteiger partial charge is 0.346 e. The van der Waals surface area contributed by atoms with E-state index in [0.29, 0.717) is 0 Å². The van der Waals surface area contributed by atoms with Crippen molar-refractivity contribution in [2.24, 2.45) is 0 Å². The first-order valence-corrected chi connectivity index (χ1v) is 9.34. The minimum absolute atomic E-state index is 0.0980. The molecule has 1 aliphatic rings. The molecule has 0 aliphatic carbocycles. The van der Waals surface area contributed by atoms with E-state index in [4.69, 9.17) is 0 Å². The molecule has 0 atom stereocenters. The number of benzene rings is 1. The molecule has 0 spiro atoms. The molecular formula is C16H16N4OS2. The molecule has 0 saturated carbocycles. The van der Waals surface area contributed by atoms with Crippen LogP contribution >= 0.6 is 22.7 Å². The molecular weight excluding hydrogens is 328 g/mol. The van der Waals surface area contributed by atoms with Crippen molar-refractivity contribution in [1.82, 2.24) is 14.9 Å². The summed E-state index contributed by atoms with van der Waals surface area (Å²) in [5.41, 5.74) is 3.45. The molecule has 4 rings (SSSR count). The lowest BCUT2D eigenvalue weighted by Crippen LogP contribution is -2.35. The van der Waals surface area contributed by atoms with Crippen LogP contribution in [-0.4, -0.2) is 47.0 Å². The highest BCUT2D eigenvalue weighted by molar-refractivity contribution is 7.16. The molecule has 23 heavy (non-hydrogen) atoms. The van der Waals surface area contributed by atoms with Crippen LogP contribution in [0.4, 0.5) is 5.13 Å². The number of nitrogens with zero attached hydrogens (tertiary/aromatic N) is 4. The van der Waals surface area contributed by atoms with Gasteiger partial charge in [-0.15, -0.1) is 22.7 Å². The van der Waals surface area contributed by atoms with Crippen LogP contribution in [0.5, 0.6) is 0 Å². The van der Waals surface area contributed by atoms with Crippen LogP contribution in [0.2, 0.25) is 0 Å². The number of hydrogen-bond acceptors (Lipinski definition) is 6. The van der Waals surface area contributed by atoms with E-state index in [-0.39, 0.29) is 5.91 Å². The molecule has 0 N–H and O–H groups in total. The zero-order valence-electron chi connectivity index (χ0n) is 12.5. The van der Waals surface area contributed by atoms with Crippen molar-refractivity contribution >= 4 is 43.9 Å². The van der Waals surface area contributed by atoms with E-state index in [2.05, 4.69) is 14.9 Å². The first-order chi connectivity index (χ1) is 11.3. The topological polar surface area (TPSA) is 49.3 Å². The number of hydrogen-bond donors (Lipinski definition) is 0. The Morgan fingerprint density at radius 2 is 2.04 bits per heavy atom. The molecule has 0 radical (unpaired) electrons. The molecule has 5 nitrogen and oxygen atoms in total. The minimum Gasteiger partial charge on any atom is -0.346 e. The van der Waals surface area contributed by atoms with Gasteiger partial charge < -0.3 is 9.80 Å². The fourth-order valence-corrected chi connectivity index (χ4v) is 4.21. The van der Waals surface area contributed by atoms with Crippen LogP contribution in [0.15, 0.2) is 35.3 Å². The third kappa shape index (κ3) is 2.94. The second-order valence-electron chi connectivity index (χ2n) is 5.48. The average Bonchev–Trinajstić information content (AvgIpc) is 3.21. The Labute approximate surface area is 142 Å². The number of fused-ring (bicyclic) bond motifs is 1. The molecule has 0 bridgehead atoms. The van der Waals surface area contributed by atoms with Gasteiger partial charge in [0.1, 0.15) is 0 Å². The summed E-state index contributed by atoms with van der Waals surface area (Å²) in [5, 5.41) is 3.04. The Hall–Kier alpha value is -1.99. The van der Waals surface area contributed by atoms with Gasteiger partial charge in [-0.25, -0.2) is 9.97 Å². The van der Waals surface area contributed by atoms with Gasteiger partial charge in [0.15, 0.2) is 5.13 Å². The molecule has 1 aromatic carbocycles. The normalized spacial score (nSPS) is 15.8. The smallest absolute Gasteiger partial charge is 0.253 e. The summed E-state index contributed by atoms with van der Waals surface area (Å²) in [6.07, 6.45) is 2.79. The van der Waals surface area contributed by atoms with E-state index in [1.807, 2.05) is 40.2 Å². The van der Waals surface area contributed by atoms with Crippen molar-refractivity contribution in [3.63, 3.8) is 0 Å². The average molecular weight is 344 g/mol. The monoisotopic (exact) mass is 344 g/mol. The summed E-state index contributed by atoms with van der Waals surface area (Å²) < 4.78 is 1.12. The van der Waals surface area contributed by atoms with Gasteiger partial charge in [-0.2, -0.15) is 0 Å². The highest BCUT2D eigenvalue weighted by Gasteiger charge is 2.21. The second kappa shape index (κ2) is 6.25. The zero-order chi connectivity index (χ0) is 15.6. The molecule has 1 amide bonds. The Bertz CT molecular complexity index is 814. The van der Waals surface area contributed by atoms with E-state index >= 15 is 0 Å². The zero-order valence-corrected chi connectivity index (χ0v) is 14.1. The quantitative estimate of drug-likeness (QED) is 0.717. The Kier molecular flexibility index (Phi) is 3.97. The first kappa shape index (κ1) is 14.6. The molecule has 3 aromatic rings. The number of rotatable bonds is 2. The third-order valence-electron chi connectivity index (χ3n) is 4.05. The van der Waals surface area contributed by atoms with Crippen LogP contribution < -0.4 is 4.90 Å². The van der Waals surface area contributed by atoms with Gasteiger partial charge in [0.2, 0.25) is 0 Å². The van der Waals surface area contributed by atoms with Crippen molar-refractivity contribution in [2.45, 2.75) is 6.42 Å². The molecule has 1 saturated heterocycles. The maximum atomic E-state index is 12.8. The van der Waals surface area contributed by atoms with E-state index in [1.165, 1.54) is 0 Å². The maximum Gasteiger partial charge on any atom is 0.253 e. The van der Waals surface area contributed by atoms with Gasteiger partial charge in [-0.05, 0) is 24.6 Å². The van der Waals surface area contributed by atoms with Gasteiger partial charge in [-0.3, -0.25) is 4.79 Å². The molecule has 2 aromatic heterocycles. The van der Waals surface area contributed by atoms with Crippen LogP contribution in [0.3, 0.4) is 0 Å². The second-order valence-corrected chi connectivity index (χ2v) is 7.24. The summed E-state index contributed by atoms with van der Waals surface area (Å²) >= 11 is 3.25. The first-order valence-electron chi connectivity index (χ1n) is 7.58. The van der Waals surface area contributed by atoms with Crippen molar-refractivity contribution in [3.05, 3.63) is 40.8 Å². The summed E-state index contributed by atoms with van der Waals surface area (Å²) in [4.78, 5) is 25.7.